The van der Waals surface area contributed by atoms with Gasteiger partial charge in [0.1, 0.15) is 11.9 Å². The minimum Gasteiger partial charge on any atom is -0.497 e. The molecule has 1 aromatic carbocycles. The number of nitrogens with zero attached hydrogens (tertiary/aromatic N) is 1. The number of ether oxygens (including phenoxy) is 2. The molecule has 122 valence electrons. The van der Waals surface area contributed by atoms with E-state index in [1.54, 1.807) is 7.11 Å². The molecule has 2 unspecified atom stereocenters. The van der Waals surface area contributed by atoms with E-state index >= 15 is 0 Å². The van der Waals surface area contributed by atoms with E-state index in [1.807, 2.05) is 36.1 Å². The van der Waals surface area contributed by atoms with Crippen molar-refractivity contribution < 1.29 is 14.3 Å². The van der Waals surface area contributed by atoms with Crippen molar-refractivity contribution in [1.29, 1.82) is 0 Å². The standard InChI is InChI=1S/C17H26N2O3/c1-13(17(20)19-9-4-3-7-15(19)11-18)22-12-14-6-5-8-16(10-14)21-2/h5-6,8,10,13,15H,3-4,7,9,11-12,18H2,1-2H3. The van der Waals surface area contributed by atoms with Crippen molar-refractivity contribution in [3.63, 3.8) is 0 Å². The van der Waals surface area contributed by atoms with Gasteiger partial charge in [0.05, 0.1) is 13.7 Å². The van der Waals surface area contributed by atoms with Gasteiger partial charge < -0.3 is 20.1 Å². The minimum atomic E-state index is -0.460. The third kappa shape index (κ3) is 4.21. The fourth-order valence-electron chi connectivity index (χ4n) is 2.82. The number of amides is 1. The monoisotopic (exact) mass is 306 g/mol. The maximum atomic E-state index is 12.5. The van der Waals surface area contributed by atoms with Crippen LogP contribution in [0.4, 0.5) is 0 Å². The molecule has 1 heterocycles. The Hall–Kier alpha value is -1.59. The number of rotatable bonds is 6. The molecule has 2 atom stereocenters. The van der Waals surface area contributed by atoms with Crippen molar-refractivity contribution in [3.8, 4) is 5.75 Å². The highest BCUT2D eigenvalue weighted by atomic mass is 16.5. The van der Waals surface area contributed by atoms with Gasteiger partial charge in [-0.25, -0.2) is 0 Å². The molecule has 1 fully saturated rings. The van der Waals surface area contributed by atoms with Crippen LogP contribution in [0.15, 0.2) is 24.3 Å². The maximum absolute atomic E-state index is 12.5. The molecular formula is C17H26N2O3. The molecule has 2 rings (SSSR count). The Balaban J connectivity index is 1.90. The van der Waals surface area contributed by atoms with Gasteiger partial charge in [0, 0.05) is 19.1 Å². The molecule has 0 aromatic heterocycles. The summed E-state index contributed by atoms with van der Waals surface area (Å²) >= 11 is 0. The first-order valence-electron chi connectivity index (χ1n) is 7.90. The zero-order valence-corrected chi connectivity index (χ0v) is 13.5. The van der Waals surface area contributed by atoms with Gasteiger partial charge in [0.25, 0.3) is 5.91 Å². The van der Waals surface area contributed by atoms with Crippen molar-refractivity contribution >= 4 is 5.91 Å². The number of benzene rings is 1. The van der Waals surface area contributed by atoms with Gasteiger partial charge in [-0.1, -0.05) is 12.1 Å². The summed E-state index contributed by atoms with van der Waals surface area (Å²) < 4.78 is 10.9. The summed E-state index contributed by atoms with van der Waals surface area (Å²) in [5.41, 5.74) is 6.77. The van der Waals surface area contributed by atoms with Crippen LogP contribution >= 0.6 is 0 Å². The van der Waals surface area contributed by atoms with Crippen LogP contribution in [0.5, 0.6) is 5.75 Å². The molecule has 1 saturated heterocycles. The lowest BCUT2D eigenvalue weighted by atomic mass is 10.0. The molecule has 1 aliphatic rings. The summed E-state index contributed by atoms with van der Waals surface area (Å²) in [7, 11) is 1.63. The molecule has 1 aliphatic heterocycles. The quantitative estimate of drug-likeness (QED) is 0.872. The van der Waals surface area contributed by atoms with Gasteiger partial charge in [0.2, 0.25) is 0 Å². The molecule has 1 aromatic rings. The summed E-state index contributed by atoms with van der Waals surface area (Å²) in [6, 6.07) is 7.84. The first-order chi connectivity index (χ1) is 10.7. The van der Waals surface area contributed by atoms with Crippen molar-refractivity contribution in [3.05, 3.63) is 29.8 Å². The Bertz CT molecular complexity index is 493. The summed E-state index contributed by atoms with van der Waals surface area (Å²) in [5.74, 6) is 0.831. The van der Waals surface area contributed by atoms with Crippen LogP contribution in [0.3, 0.4) is 0 Å². The number of piperidine rings is 1. The number of hydrogen-bond acceptors (Lipinski definition) is 4. The van der Waals surface area contributed by atoms with Gasteiger partial charge in [-0.3, -0.25) is 4.79 Å². The first-order valence-corrected chi connectivity index (χ1v) is 7.90. The smallest absolute Gasteiger partial charge is 0.251 e. The van der Waals surface area contributed by atoms with Crippen LogP contribution in [0.2, 0.25) is 0 Å². The van der Waals surface area contributed by atoms with Crippen LogP contribution in [0, 0.1) is 0 Å². The molecule has 0 saturated carbocycles. The summed E-state index contributed by atoms with van der Waals surface area (Å²) in [6.45, 7) is 3.51. The van der Waals surface area contributed by atoms with Crippen LogP contribution in [0.25, 0.3) is 0 Å². The minimum absolute atomic E-state index is 0.0399. The Morgan fingerprint density at radius 1 is 1.45 bits per heavy atom. The zero-order chi connectivity index (χ0) is 15.9. The van der Waals surface area contributed by atoms with Crippen LogP contribution < -0.4 is 10.5 Å². The van der Waals surface area contributed by atoms with Crippen molar-refractivity contribution in [2.24, 2.45) is 5.73 Å². The molecule has 0 spiro atoms. The van der Waals surface area contributed by atoms with E-state index in [-0.39, 0.29) is 11.9 Å². The van der Waals surface area contributed by atoms with Crippen LogP contribution in [-0.4, -0.2) is 43.2 Å². The van der Waals surface area contributed by atoms with E-state index in [0.717, 1.165) is 37.1 Å². The predicted molar refractivity (Wildman–Crippen MR) is 85.7 cm³/mol. The van der Waals surface area contributed by atoms with Crippen molar-refractivity contribution in [1.82, 2.24) is 4.90 Å². The summed E-state index contributed by atoms with van der Waals surface area (Å²) in [5, 5.41) is 0. The van der Waals surface area contributed by atoms with Gasteiger partial charge in [0.15, 0.2) is 0 Å². The second-order valence-electron chi connectivity index (χ2n) is 5.72. The van der Waals surface area contributed by atoms with Crippen LogP contribution in [0.1, 0.15) is 31.7 Å². The highest BCUT2D eigenvalue weighted by Gasteiger charge is 2.29. The number of hydrogen-bond donors (Lipinski definition) is 1. The van der Waals surface area contributed by atoms with E-state index in [0.29, 0.717) is 13.2 Å². The van der Waals surface area contributed by atoms with Crippen molar-refractivity contribution in [2.75, 3.05) is 20.2 Å². The third-order valence-electron chi connectivity index (χ3n) is 4.16. The second kappa shape index (κ2) is 8.15. The van der Waals surface area contributed by atoms with E-state index in [9.17, 15) is 4.79 Å². The fourth-order valence-corrected chi connectivity index (χ4v) is 2.82. The molecule has 22 heavy (non-hydrogen) atoms. The number of nitrogens with two attached hydrogens (primary N) is 1. The molecule has 2 N–H and O–H groups in total. The lowest BCUT2D eigenvalue weighted by molar-refractivity contribution is -0.147. The molecule has 5 heteroatoms. The Morgan fingerprint density at radius 2 is 2.27 bits per heavy atom. The van der Waals surface area contributed by atoms with E-state index in [4.69, 9.17) is 15.2 Å². The highest BCUT2D eigenvalue weighted by Crippen LogP contribution is 2.19. The number of carbonyl (C=O) groups is 1. The average molecular weight is 306 g/mol. The van der Waals surface area contributed by atoms with E-state index in [2.05, 4.69) is 0 Å². The largest absolute Gasteiger partial charge is 0.497 e. The Morgan fingerprint density at radius 3 is 3.00 bits per heavy atom. The Labute approximate surface area is 132 Å². The fraction of sp³-hybridized carbons (Fsp3) is 0.588. The SMILES string of the molecule is COc1cccc(COC(C)C(=O)N2CCCCC2CN)c1. The number of likely N-dealkylation sites (tertiary alicyclic amines) is 1. The van der Waals surface area contributed by atoms with Gasteiger partial charge in [-0.15, -0.1) is 0 Å². The molecule has 1 amide bonds. The summed E-state index contributed by atoms with van der Waals surface area (Å²) in [6.07, 6.45) is 2.72. The van der Waals surface area contributed by atoms with Crippen molar-refractivity contribution in [2.45, 2.75) is 44.9 Å². The maximum Gasteiger partial charge on any atom is 0.251 e. The molecule has 0 aliphatic carbocycles. The van der Waals surface area contributed by atoms with E-state index in [1.165, 1.54) is 0 Å². The zero-order valence-electron chi connectivity index (χ0n) is 13.5. The average Bonchev–Trinajstić information content (AvgIpc) is 2.59. The third-order valence-corrected chi connectivity index (χ3v) is 4.16. The number of carbonyl (C=O) groups excluding carboxylic acids is 1. The summed E-state index contributed by atoms with van der Waals surface area (Å²) in [4.78, 5) is 14.4. The normalized spacial score (nSPS) is 19.8. The lowest BCUT2D eigenvalue weighted by Crippen LogP contribution is -2.50. The van der Waals surface area contributed by atoms with E-state index < -0.39 is 6.10 Å². The van der Waals surface area contributed by atoms with Crippen LogP contribution in [-0.2, 0) is 16.1 Å². The van der Waals surface area contributed by atoms with Gasteiger partial charge in [-0.2, -0.15) is 0 Å². The first kappa shape index (κ1) is 16.8. The van der Waals surface area contributed by atoms with Gasteiger partial charge in [-0.05, 0) is 43.9 Å². The molecule has 0 radical (unpaired) electrons. The number of methoxy groups -OCH3 is 1. The second-order valence-corrected chi connectivity index (χ2v) is 5.72. The molecule has 0 bridgehead atoms. The highest BCUT2D eigenvalue weighted by molar-refractivity contribution is 5.81. The molecule has 5 nitrogen and oxygen atoms in total. The lowest BCUT2D eigenvalue weighted by Gasteiger charge is -2.36. The molecular weight excluding hydrogens is 280 g/mol. The topological polar surface area (TPSA) is 64.8 Å². The van der Waals surface area contributed by atoms with Gasteiger partial charge >= 0.3 is 0 Å². The predicted octanol–water partition coefficient (Wildman–Crippen LogP) is 1.94. The Kier molecular flexibility index (Phi) is 6.21.